The summed E-state index contributed by atoms with van der Waals surface area (Å²) in [5.41, 5.74) is 0.795. The SMILES string of the molecule is Cn1nc(C2CCN(C(=O)c3ccc(OC(F)(F)F)cc3)CC2)n(-c2ccccc2)c1=O. The highest BCUT2D eigenvalue weighted by molar-refractivity contribution is 5.94. The number of rotatable bonds is 4. The molecule has 0 N–H and O–H groups in total. The van der Waals surface area contributed by atoms with Crippen LogP contribution in [0.5, 0.6) is 5.75 Å². The maximum atomic E-state index is 12.8. The topological polar surface area (TPSA) is 69.4 Å². The van der Waals surface area contributed by atoms with E-state index in [2.05, 4.69) is 9.84 Å². The number of likely N-dealkylation sites (tertiary alicyclic amines) is 1. The van der Waals surface area contributed by atoms with Gasteiger partial charge in [-0.05, 0) is 49.2 Å². The van der Waals surface area contributed by atoms with Gasteiger partial charge >= 0.3 is 12.1 Å². The van der Waals surface area contributed by atoms with Gasteiger partial charge in [0, 0.05) is 31.6 Å². The Kier molecular flexibility index (Phi) is 5.77. The van der Waals surface area contributed by atoms with Crippen molar-refractivity contribution in [1.82, 2.24) is 19.2 Å². The molecule has 0 atom stereocenters. The molecule has 3 aromatic rings. The second-order valence-corrected chi connectivity index (χ2v) is 7.57. The van der Waals surface area contributed by atoms with Crippen LogP contribution in [0.15, 0.2) is 59.4 Å². The van der Waals surface area contributed by atoms with Crippen molar-refractivity contribution in [3.05, 3.63) is 76.5 Å². The van der Waals surface area contributed by atoms with Gasteiger partial charge in [-0.25, -0.2) is 14.0 Å². The maximum absolute atomic E-state index is 12.8. The van der Waals surface area contributed by atoms with E-state index in [0.29, 0.717) is 31.8 Å². The van der Waals surface area contributed by atoms with Gasteiger partial charge < -0.3 is 9.64 Å². The van der Waals surface area contributed by atoms with Gasteiger partial charge in [0.25, 0.3) is 5.91 Å². The molecular weight excluding hydrogens is 425 g/mol. The minimum absolute atomic E-state index is 0.00397. The summed E-state index contributed by atoms with van der Waals surface area (Å²) >= 11 is 0. The first-order chi connectivity index (χ1) is 15.2. The molecule has 1 aliphatic heterocycles. The van der Waals surface area contributed by atoms with Crippen molar-refractivity contribution in [2.75, 3.05) is 13.1 Å². The van der Waals surface area contributed by atoms with E-state index >= 15 is 0 Å². The molecular formula is C22H21F3N4O3. The molecule has 1 amide bonds. The van der Waals surface area contributed by atoms with E-state index in [4.69, 9.17) is 0 Å². The molecule has 0 radical (unpaired) electrons. The van der Waals surface area contributed by atoms with Gasteiger partial charge in [-0.2, -0.15) is 5.10 Å². The van der Waals surface area contributed by atoms with Crippen LogP contribution in [0.25, 0.3) is 5.69 Å². The highest BCUT2D eigenvalue weighted by atomic mass is 19.4. The number of halogens is 3. The minimum atomic E-state index is -4.78. The van der Waals surface area contributed by atoms with Crippen molar-refractivity contribution in [2.24, 2.45) is 7.05 Å². The Morgan fingerprint density at radius 2 is 1.66 bits per heavy atom. The van der Waals surface area contributed by atoms with Crippen molar-refractivity contribution >= 4 is 5.91 Å². The molecule has 1 aliphatic rings. The van der Waals surface area contributed by atoms with Gasteiger partial charge in [0.1, 0.15) is 11.6 Å². The van der Waals surface area contributed by atoms with E-state index in [-0.39, 0.29) is 28.8 Å². The first kappa shape index (κ1) is 21.7. The van der Waals surface area contributed by atoms with Crippen LogP contribution in [-0.2, 0) is 7.05 Å². The van der Waals surface area contributed by atoms with Crippen LogP contribution >= 0.6 is 0 Å². The van der Waals surface area contributed by atoms with Gasteiger partial charge in [0.15, 0.2) is 0 Å². The lowest BCUT2D eigenvalue weighted by Crippen LogP contribution is -2.38. The van der Waals surface area contributed by atoms with Gasteiger partial charge in [-0.3, -0.25) is 4.79 Å². The summed E-state index contributed by atoms with van der Waals surface area (Å²) in [6.07, 6.45) is -3.55. The molecule has 7 nitrogen and oxygen atoms in total. The number of ether oxygens (including phenoxy) is 1. The number of amides is 1. The molecule has 0 saturated carbocycles. The Labute approximate surface area is 181 Å². The monoisotopic (exact) mass is 446 g/mol. The number of hydrogen-bond acceptors (Lipinski definition) is 4. The summed E-state index contributed by atoms with van der Waals surface area (Å²) < 4.78 is 43.7. The molecule has 0 unspecified atom stereocenters. The molecule has 32 heavy (non-hydrogen) atoms. The van der Waals surface area contributed by atoms with Gasteiger partial charge in [-0.15, -0.1) is 13.2 Å². The lowest BCUT2D eigenvalue weighted by atomic mass is 9.95. The Morgan fingerprint density at radius 1 is 1.03 bits per heavy atom. The third kappa shape index (κ3) is 4.53. The van der Waals surface area contributed by atoms with Crippen molar-refractivity contribution in [1.29, 1.82) is 0 Å². The highest BCUT2D eigenvalue weighted by Crippen LogP contribution is 2.29. The van der Waals surface area contributed by atoms with E-state index in [9.17, 15) is 22.8 Å². The normalized spacial score (nSPS) is 15.1. The van der Waals surface area contributed by atoms with Crippen LogP contribution in [0.2, 0.25) is 0 Å². The molecule has 0 aliphatic carbocycles. The van der Waals surface area contributed by atoms with Crippen LogP contribution in [0, 0.1) is 0 Å². The zero-order valence-corrected chi connectivity index (χ0v) is 17.2. The average Bonchev–Trinajstić information content (AvgIpc) is 3.08. The number of para-hydroxylation sites is 1. The van der Waals surface area contributed by atoms with E-state index in [1.807, 2.05) is 30.3 Å². The third-order valence-electron chi connectivity index (χ3n) is 5.45. The average molecular weight is 446 g/mol. The van der Waals surface area contributed by atoms with E-state index in [1.54, 1.807) is 16.5 Å². The third-order valence-corrected chi connectivity index (χ3v) is 5.45. The zero-order valence-electron chi connectivity index (χ0n) is 17.2. The molecule has 1 aromatic heterocycles. The number of alkyl halides is 3. The van der Waals surface area contributed by atoms with Crippen LogP contribution < -0.4 is 10.4 Å². The van der Waals surface area contributed by atoms with Crippen LogP contribution in [0.4, 0.5) is 13.2 Å². The number of aryl methyl sites for hydroxylation is 1. The Morgan fingerprint density at radius 3 is 2.25 bits per heavy atom. The first-order valence-corrected chi connectivity index (χ1v) is 10.1. The fraction of sp³-hybridized carbons (Fsp3) is 0.318. The molecule has 1 fully saturated rings. The van der Waals surface area contributed by atoms with E-state index in [0.717, 1.165) is 17.8 Å². The molecule has 1 saturated heterocycles. The molecule has 10 heteroatoms. The minimum Gasteiger partial charge on any atom is -0.406 e. The molecule has 2 aromatic carbocycles. The summed E-state index contributed by atoms with van der Waals surface area (Å²) in [5.74, 6) is 0.0189. The fourth-order valence-corrected chi connectivity index (χ4v) is 3.89. The summed E-state index contributed by atoms with van der Waals surface area (Å²) in [7, 11) is 1.61. The van der Waals surface area contributed by atoms with Crippen molar-refractivity contribution in [2.45, 2.75) is 25.1 Å². The summed E-state index contributed by atoms with van der Waals surface area (Å²) in [4.78, 5) is 27.1. The lowest BCUT2D eigenvalue weighted by molar-refractivity contribution is -0.274. The molecule has 168 valence electrons. The van der Waals surface area contributed by atoms with Crippen molar-refractivity contribution in [3.8, 4) is 11.4 Å². The van der Waals surface area contributed by atoms with Crippen LogP contribution in [-0.4, -0.2) is 44.6 Å². The Bertz CT molecular complexity index is 1150. The van der Waals surface area contributed by atoms with Crippen molar-refractivity contribution < 1.29 is 22.7 Å². The number of carbonyl (C=O) groups excluding carboxylic acids is 1. The second-order valence-electron chi connectivity index (χ2n) is 7.57. The smallest absolute Gasteiger partial charge is 0.406 e. The fourth-order valence-electron chi connectivity index (χ4n) is 3.89. The van der Waals surface area contributed by atoms with Gasteiger partial charge in [0.05, 0.1) is 5.69 Å². The second kappa shape index (κ2) is 8.52. The summed E-state index contributed by atoms with van der Waals surface area (Å²) in [6, 6.07) is 14.2. The maximum Gasteiger partial charge on any atom is 0.573 e. The zero-order chi connectivity index (χ0) is 22.9. The number of benzene rings is 2. The lowest BCUT2D eigenvalue weighted by Gasteiger charge is -2.31. The quantitative estimate of drug-likeness (QED) is 0.615. The number of aromatic nitrogens is 3. The van der Waals surface area contributed by atoms with E-state index < -0.39 is 6.36 Å². The Hall–Kier alpha value is -3.56. The summed E-state index contributed by atoms with van der Waals surface area (Å²) in [6.45, 7) is 0.897. The molecule has 2 heterocycles. The predicted octanol–water partition coefficient (Wildman–Crippen LogP) is 3.49. The van der Waals surface area contributed by atoms with Gasteiger partial charge in [-0.1, -0.05) is 18.2 Å². The van der Waals surface area contributed by atoms with Crippen molar-refractivity contribution in [3.63, 3.8) is 0 Å². The molecule has 4 rings (SSSR count). The number of hydrogen-bond donors (Lipinski definition) is 0. The van der Waals surface area contributed by atoms with Crippen LogP contribution in [0.1, 0.15) is 34.9 Å². The highest BCUT2D eigenvalue weighted by Gasteiger charge is 2.32. The van der Waals surface area contributed by atoms with Crippen LogP contribution in [0.3, 0.4) is 0 Å². The molecule has 0 bridgehead atoms. The Balaban J connectivity index is 1.46. The largest absolute Gasteiger partial charge is 0.573 e. The predicted molar refractivity (Wildman–Crippen MR) is 110 cm³/mol. The standard InChI is InChI=1S/C22H21F3N4O3/c1-27-21(31)29(17-5-3-2-4-6-17)19(26-27)15-11-13-28(14-12-15)20(30)16-7-9-18(10-8-16)32-22(23,24)25/h2-10,15H,11-14H2,1H3. The van der Waals surface area contributed by atoms with E-state index in [1.165, 1.54) is 16.8 Å². The number of piperidine rings is 1. The van der Waals surface area contributed by atoms with Gasteiger partial charge in [0.2, 0.25) is 0 Å². The molecule has 0 spiro atoms. The number of nitrogens with zero attached hydrogens (tertiary/aromatic N) is 4. The number of carbonyl (C=O) groups is 1. The summed E-state index contributed by atoms with van der Waals surface area (Å²) in [5, 5.41) is 4.44. The first-order valence-electron chi connectivity index (χ1n) is 10.1.